The molecule has 2 N–H and O–H groups in total. The molecule has 182 valence electrons. The lowest BCUT2D eigenvalue weighted by atomic mass is 10.1. The Morgan fingerprint density at radius 3 is 2.70 bits per heavy atom. The maximum Gasteiger partial charge on any atom is 0.191 e. The van der Waals surface area contributed by atoms with Crippen LogP contribution in [0, 0.1) is 6.92 Å². The van der Waals surface area contributed by atoms with Gasteiger partial charge in [-0.25, -0.2) is 4.99 Å². The predicted octanol–water partition coefficient (Wildman–Crippen LogP) is 4.49. The van der Waals surface area contributed by atoms with Crippen molar-refractivity contribution in [3.8, 4) is 5.75 Å². The number of hydrogen-bond acceptors (Lipinski definition) is 4. The molecule has 0 saturated carbocycles. The van der Waals surface area contributed by atoms with Crippen molar-refractivity contribution < 1.29 is 9.47 Å². The van der Waals surface area contributed by atoms with Crippen LogP contribution in [0.25, 0.3) is 0 Å². The minimum absolute atomic E-state index is 0. The van der Waals surface area contributed by atoms with Gasteiger partial charge in [-0.2, -0.15) is 0 Å². The Labute approximate surface area is 216 Å². The third-order valence-electron chi connectivity index (χ3n) is 5.60. The second-order valence-electron chi connectivity index (χ2n) is 8.41. The number of ether oxygens (including phenoxy) is 2. The Balaban J connectivity index is 0.00000385. The number of aryl methyl sites for hydroxylation is 1. The van der Waals surface area contributed by atoms with Crippen LogP contribution in [0.2, 0.25) is 0 Å². The SMILES string of the molecule is CCNC(=NCc1cccc(CN(C)CC)c1)NCc1ccc(C)cc1OC1CCOC1.I. The van der Waals surface area contributed by atoms with Gasteiger partial charge in [0.05, 0.1) is 19.8 Å². The Morgan fingerprint density at radius 1 is 1.15 bits per heavy atom. The molecule has 0 spiro atoms. The zero-order valence-corrected chi connectivity index (χ0v) is 22.7. The number of benzene rings is 2. The van der Waals surface area contributed by atoms with Crippen molar-refractivity contribution in [2.45, 2.75) is 52.9 Å². The van der Waals surface area contributed by atoms with E-state index >= 15 is 0 Å². The molecule has 0 amide bonds. The fourth-order valence-electron chi connectivity index (χ4n) is 3.64. The maximum atomic E-state index is 6.23. The summed E-state index contributed by atoms with van der Waals surface area (Å²) in [6.45, 7) is 11.9. The first-order valence-electron chi connectivity index (χ1n) is 11.7. The molecule has 1 fully saturated rings. The van der Waals surface area contributed by atoms with Crippen molar-refractivity contribution in [1.29, 1.82) is 0 Å². The van der Waals surface area contributed by atoms with Crippen LogP contribution in [-0.2, 0) is 24.4 Å². The fourth-order valence-corrected chi connectivity index (χ4v) is 3.64. The van der Waals surface area contributed by atoms with E-state index in [9.17, 15) is 0 Å². The number of rotatable bonds is 10. The standard InChI is InChI=1S/C26H38N4O2.HI/c1-5-27-26(28-16-21-8-7-9-22(15-21)18-30(4)6-2)29-17-23-11-10-20(3)14-25(23)32-24-12-13-31-19-24;/h7-11,14-15,24H,5-6,12-13,16-19H2,1-4H3,(H2,27,28,29);1H. The lowest BCUT2D eigenvalue weighted by Crippen LogP contribution is -2.37. The predicted molar refractivity (Wildman–Crippen MR) is 147 cm³/mol. The van der Waals surface area contributed by atoms with Gasteiger partial charge in [0.1, 0.15) is 11.9 Å². The number of hydrogen-bond donors (Lipinski definition) is 2. The highest BCUT2D eigenvalue weighted by molar-refractivity contribution is 14.0. The van der Waals surface area contributed by atoms with Crippen LogP contribution in [0.5, 0.6) is 5.75 Å². The smallest absolute Gasteiger partial charge is 0.191 e. The topological polar surface area (TPSA) is 58.1 Å². The zero-order valence-electron chi connectivity index (χ0n) is 20.4. The monoisotopic (exact) mass is 566 g/mol. The first kappa shape index (κ1) is 27.4. The third-order valence-corrected chi connectivity index (χ3v) is 5.60. The van der Waals surface area contributed by atoms with E-state index < -0.39 is 0 Å². The first-order valence-corrected chi connectivity index (χ1v) is 11.7. The van der Waals surface area contributed by atoms with Gasteiger partial charge in [-0.05, 0) is 50.2 Å². The molecule has 0 radical (unpaired) electrons. The summed E-state index contributed by atoms with van der Waals surface area (Å²) < 4.78 is 11.7. The van der Waals surface area contributed by atoms with Crippen molar-refractivity contribution in [3.05, 3.63) is 64.7 Å². The van der Waals surface area contributed by atoms with Crippen LogP contribution in [0.15, 0.2) is 47.5 Å². The summed E-state index contributed by atoms with van der Waals surface area (Å²) >= 11 is 0. The average molecular weight is 567 g/mol. The molecule has 0 aromatic heterocycles. The summed E-state index contributed by atoms with van der Waals surface area (Å²) in [5, 5.41) is 6.82. The molecule has 1 aliphatic rings. The van der Waals surface area contributed by atoms with Crippen LogP contribution in [0.3, 0.4) is 0 Å². The van der Waals surface area contributed by atoms with Crippen molar-refractivity contribution in [3.63, 3.8) is 0 Å². The van der Waals surface area contributed by atoms with E-state index in [1.165, 1.54) is 16.7 Å². The lowest BCUT2D eigenvalue weighted by molar-refractivity contribution is 0.140. The number of nitrogens with one attached hydrogen (secondary N) is 2. The molecule has 2 aromatic carbocycles. The van der Waals surface area contributed by atoms with Crippen LogP contribution in [-0.4, -0.2) is 50.3 Å². The Morgan fingerprint density at radius 2 is 1.97 bits per heavy atom. The average Bonchev–Trinajstić information content (AvgIpc) is 3.30. The van der Waals surface area contributed by atoms with E-state index in [0.717, 1.165) is 49.9 Å². The zero-order chi connectivity index (χ0) is 22.8. The molecule has 3 rings (SSSR count). The minimum atomic E-state index is 0. The van der Waals surface area contributed by atoms with Crippen molar-refractivity contribution in [2.24, 2.45) is 4.99 Å². The Hall–Kier alpha value is -1.84. The molecule has 1 heterocycles. The molecule has 6 nitrogen and oxygen atoms in total. The number of nitrogens with zero attached hydrogens (tertiary/aromatic N) is 2. The van der Waals surface area contributed by atoms with Crippen molar-refractivity contribution in [1.82, 2.24) is 15.5 Å². The molecule has 0 bridgehead atoms. The molecular formula is C26H39IN4O2. The lowest BCUT2D eigenvalue weighted by Gasteiger charge is -2.18. The molecule has 7 heteroatoms. The van der Waals surface area contributed by atoms with E-state index in [2.05, 4.69) is 85.8 Å². The Bertz CT molecular complexity index is 884. The van der Waals surface area contributed by atoms with Crippen LogP contribution in [0.4, 0.5) is 0 Å². The van der Waals surface area contributed by atoms with Gasteiger partial charge in [0.2, 0.25) is 0 Å². The van der Waals surface area contributed by atoms with Gasteiger partial charge in [0.25, 0.3) is 0 Å². The maximum absolute atomic E-state index is 6.23. The highest BCUT2D eigenvalue weighted by Gasteiger charge is 2.18. The van der Waals surface area contributed by atoms with Crippen molar-refractivity contribution >= 4 is 29.9 Å². The quantitative estimate of drug-likeness (QED) is 0.252. The number of guanidine groups is 1. The molecule has 1 unspecified atom stereocenters. The molecule has 2 aromatic rings. The van der Waals surface area contributed by atoms with Crippen LogP contribution in [0.1, 0.15) is 42.5 Å². The molecule has 1 atom stereocenters. The van der Waals surface area contributed by atoms with E-state index in [-0.39, 0.29) is 30.1 Å². The number of halogens is 1. The summed E-state index contributed by atoms with van der Waals surface area (Å²) in [4.78, 5) is 7.11. The molecule has 1 aliphatic heterocycles. The van der Waals surface area contributed by atoms with Crippen molar-refractivity contribution in [2.75, 3.05) is 33.4 Å². The van der Waals surface area contributed by atoms with Crippen LogP contribution < -0.4 is 15.4 Å². The largest absolute Gasteiger partial charge is 0.488 e. The second kappa shape index (κ2) is 14.4. The third kappa shape index (κ3) is 9.14. The van der Waals surface area contributed by atoms with Gasteiger partial charge in [0, 0.05) is 31.6 Å². The summed E-state index contributed by atoms with van der Waals surface area (Å²) in [6, 6.07) is 15.0. The van der Waals surface area contributed by atoms with Gasteiger partial charge >= 0.3 is 0 Å². The van der Waals surface area contributed by atoms with E-state index in [0.29, 0.717) is 19.7 Å². The van der Waals surface area contributed by atoms with Gasteiger partial charge < -0.3 is 25.0 Å². The fraction of sp³-hybridized carbons (Fsp3) is 0.500. The minimum Gasteiger partial charge on any atom is -0.488 e. The molecule has 33 heavy (non-hydrogen) atoms. The van der Waals surface area contributed by atoms with E-state index in [1.807, 2.05) is 0 Å². The molecule has 1 saturated heterocycles. The summed E-state index contributed by atoms with van der Waals surface area (Å²) in [6.07, 6.45) is 1.08. The summed E-state index contributed by atoms with van der Waals surface area (Å²) in [7, 11) is 2.14. The highest BCUT2D eigenvalue weighted by atomic mass is 127. The highest BCUT2D eigenvalue weighted by Crippen LogP contribution is 2.23. The molecular weight excluding hydrogens is 527 g/mol. The number of aliphatic imine (C=N–C) groups is 1. The first-order chi connectivity index (χ1) is 15.6. The summed E-state index contributed by atoms with van der Waals surface area (Å²) in [5.74, 6) is 1.73. The van der Waals surface area contributed by atoms with Gasteiger partial charge in [-0.1, -0.05) is 43.3 Å². The second-order valence-corrected chi connectivity index (χ2v) is 8.41. The van der Waals surface area contributed by atoms with Gasteiger partial charge in [-0.15, -0.1) is 24.0 Å². The molecule has 0 aliphatic carbocycles. The van der Waals surface area contributed by atoms with E-state index in [4.69, 9.17) is 14.5 Å². The van der Waals surface area contributed by atoms with Crippen LogP contribution >= 0.6 is 24.0 Å². The van der Waals surface area contributed by atoms with Gasteiger partial charge in [-0.3, -0.25) is 0 Å². The normalized spacial score (nSPS) is 15.9. The van der Waals surface area contributed by atoms with Gasteiger partial charge in [0.15, 0.2) is 5.96 Å². The van der Waals surface area contributed by atoms with E-state index in [1.54, 1.807) is 0 Å². The summed E-state index contributed by atoms with van der Waals surface area (Å²) in [5.41, 5.74) is 4.84. The Kier molecular flexibility index (Phi) is 12.0.